The number of nitrogens with one attached hydrogen (secondary N) is 1. The molecule has 2 aromatic carbocycles. The molecule has 1 heterocycles. The number of thioether (sulfide) groups is 1. The van der Waals surface area contributed by atoms with Crippen molar-refractivity contribution in [3.8, 4) is 5.69 Å². The third kappa shape index (κ3) is 3.94. The lowest BCUT2D eigenvalue weighted by atomic mass is 9.88. The van der Waals surface area contributed by atoms with Crippen molar-refractivity contribution in [1.29, 1.82) is 0 Å². The second-order valence-electron chi connectivity index (χ2n) is 7.79. The van der Waals surface area contributed by atoms with Gasteiger partial charge in [-0.2, -0.15) is 0 Å². The Bertz CT molecular complexity index is 1010. The van der Waals surface area contributed by atoms with Gasteiger partial charge < -0.3 is 5.32 Å². The fraction of sp³-hybridized carbons (Fsp3) is 0.348. The van der Waals surface area contributed by atoms with Crippen molar-refractivity contribution < 1.29 is 4.79 Å². The molecular formula is C23H24N4OS. The van der Waals surface area contributed by atoms with Crippen LogP contribution in [0.2, 0.25) is 0 Å². The minimum absolute atomic E-state index is 0.0484. The fourth-order valence-electron chi connectivity index (χ4n) is 4.07. The molecule has 0 bridgehead atoms. The molecule has 29 heavy (non-hydrogen) atoms. The number of hydrogen-bond acceptors (Lipinski definition) is 4. The summed E-state index contributed by atoms with van der Waals surface area (Å²) in [7, 11) is 0. The van der Waals surface area contributed by atoms with Crippen molar-refractivity contribution in [2.45, 2.75) is 49.2 Å². The van der Waals surface area contributed by atoms with Gasteiger partial charge in [-0.3, -0.25) is 9.36 Å². The number of amides is 1. The maximum atomic E-state index is 12.7. The summed E-state index contributed by atoms with van der Waals surface area (Å²) in [6.07, 6.45) is 5.54. The van der Waals surface area contributed by atoms with Crippen molar-refractivity contribution in [1.82, 2.24) is 20.1 Å². The third-order valence-electron chi connectivity index (χ3n) is 5.65. The van der Waals surface area contributed by atoms with Crippen LogP contribution in [0.15, 0.2) is 59.8 Å². The summed E-state index contributed by atoms with van der Waals surface area (Å²) in [6.45, 7) is 0. The van der Waals surface area contributed by atoms with Gasteiger partial charge >= 0.3 is 0 Å². The van der Waals surface area contributed by atoms with Crippen molar-refractivity contribution >= 4 is 17.7 Å². The van der Waals surface area contributed by atoms with Crippen LogP contribution in [0, 0.1) is 0 Å². The van der Waals surface area contributed by atoms with Gasteiger partial charge in [-0.1, -0.05) is 54.2 Å². The first-order chi connectivity index (χ1) is 14.3. The number of para-hydroxylation sites is 1. The highest BCUT2D eigenvalue weighted by molar-refractivity contribution is 7.99. The lowest BCUT2D eigenvalue weighted by molar-refractivity contribution is -0.119. The van der Waals surface area contributed by atoms with E-state index in [1.807, 2.05) is 18.2 Å². The molecule has 1 fully saturated rings. The van der Waals surface area contributed by atoms with Crippen molar-refractivity contribution in [2.24, 2.45) is 0 Å². The zero-order chi connectivity index (χ0) is 19.6. The molecule has 148 valence electrons. The SMILES string of the molecule is O=C(CSc1nnc(C2CC2)n1-c1ccccc1)NC1CCCc2ccccc21. The minimum atomic E-state index is 0.0484. The second kappa shape index (κ2) is 8.03. The van der Waals surface area contributed by atoms with E-state index >= 15 is 0 Å². The molecule has 1 unspecified atom stereocenters. The van der Waals surface area contributed by atoms with Crippen molar-refractivity contribution in [3.05, 3.63) is 71.5 Å². The number of aryl methyl sites for hydroxylation is 1. The monoisotopic (exact) mass is 404 g/mol. The van der Waals surface area contributed by atoms with Gasteiger partial charge in [-0.25, -0.2) is 0 Å². The maximum absolute atomic E-state index is 12.7. The van der Waals surface area contributed by atoms with E-state index in [9.17, 15) is 4.79 Å². The van der Waals surface area contributed by atoms with E-state index in [1.54, 1.807) is 0 Å². The van der Waals surface area contributed by atoms with Crippen LogP contribution in [0.25, 0.3) is 5.69 Å². The average Bonchev–Trinajstić information content (AvgIpc) is 3.52. The lowest BCUT2D eigenvalue weighted by Gasteiger charge is -2.26. The lowest BCUT2D eigenvalue weighted by Crippen LogP contribution is -2.32. The summed E-state index contributed by atoms with van der Waals surface area (Å²) in [4.78, 5) is 12.7. The predicted octanol–water partition coefficient (Wildman–Crippen LogP) is 4.43. The quantitative estimate of drug-likeness (QED) is 0.618. The van der Waals surface area contributed by atoms with Crippen LogP contribution in [0.3, 0.4) is 0 Å². The van der Waals surface area contributed by atoms with Crippen LogP contribution < -0.4 is 5.32 Å². The van der Waals surface area contributed by atoms with E-state index in [4.69, 9.17) is 0 Å². The molecule has 0 radical (unpaired) electrons. The molecule has 6 heteroatoms. The van der Waals surface area contributed by atoms with Gasteiger partial charge in [0.05, 0.1) is 11.8 Å². The third-order valence-corrected chi connectivity index (χ3v) is 6.58. The number of aromatic nitrogens is 3. The zero-order valence-electron chi connectivity index (χ0n) is 16.3. The van der Waals surface area contributed by atoms with Crippen molar-refractivity contribution in [3.63, 3.8) is 0 Å². The van der Waals surface area contributed by atoms with Gasteiger partial charge in [0.25, 0.3) is 0 Å². The van der Waals surface area contributed by atoms with Gasteiger partial charge in [0.1, 0.15) is 5.82 Å². The van der Waals surface area contributed by atoms with Crippen LogP contribution in [0.1, 0.15) is 54.6 Å². The number of carbonyl (C=O) groups excluding carboxylic acids is 1. The van der Waals surface area contributed by atoms with E-state index in [0.717, 1.165) is 48.8 Å². The van der Waals surface area contributed by atoms with E-state index < -0.39 is 0 Å². The van der Waals surface area contributed by atoms with Crippen LogP contribution in [-0.2, 0) is 11.2 Å². The van der Waals surface area contributed by atoms with E-state index in [1.165, 1.54) is 22.9 Å². The first-order valence-corrected chi connectivity index (χ1v) is 11.3. The predicted molar refractivity (Wildman–Crippen MR) is 114 cm³/mol. The smallest absolute Gasteiger partial charge is 0.230 e. The second-order valence-corrected chi connectivity index (χ2v) is 8.73. The number of hydrogen-bond donors (Lipinski definition) is 1. The van der Waals surface area contributed by atoms with Gasteiger partial charge in [-0.05, 0) is 55.4 Å². The Morgan fingerprint density at radius 2 is 1.83 bits per heavy atom. The summed E-state index contributed by atoms with van der Waals surface area (Å²) in [5.74, 6) is 1.89. The molecule has 0 saturated heterocycles. The van der Waals surface area contributed by atoms with Gasteiger partial charge in [0.15, 0.2) is 5.16 Å². The summed E-state index contributed by atoms with van der Waals surface area (Å²) in [5.41, 5.74) is 3.68. The Labute approximate surface area is 174 Å². The largest absolute Gasteiger partial charge is 0.349 e. The highest BCUT2D eigenvalue weighted by Crippen LogP contribution is 2.41. The molecule has 2 aliphatic carbocycles. The van der Waals surface area contributed by atoms with Crippen LogP contribution in [-0.4, -0.2) is 26.4 Å². The highest BCUT2D eigenvalue weighted by Gasteiger charge is 2.31. The van der Waals surface area contributed by atoms with Crippen molar-refractivity contribution in [2.75, 3.05) is 5.75 Å². The molecule has 1 N–H and O–H groups in total. The summed E-state index contributed by atoms with van der Waals surface area (Å²) >= 11 is 1.46. The number of fused-ring (bicyclic) bond motifs is 1. The van der Waals surface area contributed by atoms with Crippen LogP contribution in [0.5, 0.6) is 0 Å². The standard InChI is InChI=1S/C23H24N4OS/c28-21(24-20-12-6-8-16-7-4-5-11-19(16)20)15-29-23-26-25-22(17-13-14-17)27(23)18-9-2-1-3-10-18/h1-5,7,9-11,17,20H,6,8,12-15H2,(H,24,28). The van der Waals surface area contributed by atoms with E-state index in [0.29, 0.717) is 11.7 Å². The molecule has 1 atom stereocenters. The fourth-order valence-corrected chi connectivity index (χ4v) is 4.84. The topological polar surface area (TPSA) is 59.8 Å². The molecule has 1 aromatic heterocycles. The van der Waals surface area contributed by atoms with Crippen LogP contribution in [0.4, 0.5) is 0 Å². The van der Waals surface area contributed by atoms with E-state index in [-0.39, 0.29) is 11.9 Å². The van der Waals surface area contributed by atoms with E-state index in [2.05, 4.69) is 56.5 Å². The number of rotatable bonds is 6. The Balaban J connectivity index is 1.29. The Hall–Kier alpha value is -2.60. The zero-order valence-corrected chi connectivity index (χ0v) is 17.1. The Morgan fingerprint density at radius 1 is 1.03 bits per heavy atom. The van der Waals surface area contributed by atoms with Gasteiger partial charge in [0.2, 0.25) is 5.91 Å². The molecule has 5 rings (SSSR count). The first-order valence-electron chi connectivity index (χ1n) is 10.3. The number of benzene rings is 2. The maximum Gasteiger partial charge on any atom is 0.230 e. The Morgan fingerprint density at radius 3 is 2.66 bits per heavy atom. The summed E-state index contributed by atoms with van der Waals surface area (Å²) < 4.78 is 2.12. The molecule has 2 aliphatic rings. The Kier molecular flexibility index (Phi) is 5.10. The normalized spacial score (nSPS) is 18.3. The number of nitrogens with zero attached hydrogens (tertiary/aromatic N) is 3. The molecule has 5 nitrogen and oxygen atoms in total. The van der Waals surface area contributed by atoms with Gasteiger partial charge in [-0.15, -0.1) is 10.2 Å². The molecule has 1 saturated carbocycles. The molecule has 0 spiro atoms. The molecule has 1 amide bonds. The van der Waals surface area contributed by atoms with Gasteiger partial charge in [0, 0.05) is 11.6 Å². The average molecular weight is 405 g/mol. The number of carbonyl (C=O) groups is 1. The highest BCUT2D eigenvalue weighted by atomic mass is 32.2. The molecule has 0 aliphatic heterocycles. The molecular weight excluding hydrogens is 380 g/mol. The minimum Gasteiger partial charge on any atom is -0.349 e. The van der Waals surface area contributed by atoms with Crippen LogP contribution >= 0.6 is 11.8 Å². The summed E-state index contributed by atoms with van der Waals surface area (Å²) in [5, 5.41) is 12.9. The summed E-state index contributed by atoms with van der Waals surface area (Å²) in [6, 6.07) is 18.7. The first kappa shape index (κ1) is 18.4. The molecule has 3 aromatic rings.